The van der Waals surface area contributed by atoms with Gasteiger partial charge in [-0.05, 0) is 23.8 Å². The van der Waals surface area contributed by atoms with Gasteiger partial charge in [-0.2, -0.15) is 0 Å². The molecule has 0 unspecified atom stereocenters. The Balaban J connectivity index is 1.98. The standard InChI is InChI=1S/C22H22O12/c23-8-13-17(28)19(30)21(34-14(27)6-3-9-1-4-10(24)5-2-9)20(33-13)15-11(25)7-12(26)16(18(15)29)22(31)32/h1-7,13,17,19-21,23-26,28-30H,8H2,(H,31,32)/b6-3+/t13-,17-,19+,20+,21-/m1/s1. The molecule has 8 N–H and O–H groups in total. The van der Waals surface area contributed by atoms with Gasteiger partial charge in [-0.1, -0.05) is 12.1 Å². The fraction of sp³-hybridized carbons (Fsp3) is 0.273. The SMILES string of the molecule is O=C(/C=C/c1ccc(O)cc1)O[C@@H]1[C@@H](O)[C@H](O)[C@@H](CO)O[C@H]1c1c(O)cc(O)c(C(=O)O)c1O. The molecule has 182 valence electrons. The summed E-state index contributed by atoms with van der Waals surface area (Å²) in [6, 6.07) is 6.35. The molecule has 0 radical (unpaired) electrons. The van der Waals surface area contributed by atoms with Crippen LogP contribution in [0.2, 0.25) is 0 Å². The van der Waals surface area contributed by atoms with E-state index < -0.39 is 77.4 Å². The molecule has 1 saturated heterocycles. The first-order valence-electron chi connectivity index (χ1n) is 9.86. The molecule has 0 spiro atoms. The number of carbonyl (C=O) groups excluding carboxylic acids is 1. The number of aliphatic hydroxyl groups is 3. The fourth-order valence-corrected chi connectivity index (χ4v) is 3.53. The van der Waals surface area contributed by atoms with Crippen molar-refractivity contribution >= 4 is 18.0 Å². The second-order valence-corrected chi connectivity index (χ2v) is 7.44. The Bertz CT molecular complexity index is 1090. The summed E-state index contributed by atoms with van der Waals surface area (Å²) < 4.78 is 10.6. The van der Waals surface area contributed by atoms with Crippen molar-refractivity contribution < 1.29 is 59.9 Å². The van der Waals surface area contributed by atoms with Gasteiger partial charge >= 0.3 is 11.9 Å². The van der Waals surface area contributed by atoms with Crippen molar-refractivity contribution in [1.29, 1.82) is 0 Å². The Morgan fingerprint density at radius 1 is 1.00 bits per heavy atom. The number of hydrogen-bond donors (Lipinski definition) is 8. The Morgan fingerprint density at radius 3 is 2.24 bits per heavy atom. The number of aromatic carboxylic acids is 1. The summed E-state index contributed by atoms with van der Waals surface area (Å²) in [4.78, 5) is 23.9. The van der Waals surface area contributed by atoms with Crippen molar-refractivity contribution in [2.45, 2.75) is 30.5 Å². The first-order chi connectivity index (χ1) is 16.0. The van der Waals surface area contributed by atoms with E-state index in [4.69, 9.17) is 9.47 Å². The lowest BCUT2D eigenvalue weighted by Gasteiger charge is -2.42. The minimum absolute atomic E-state index is 0.00622. The third kappa shape index (κ3) is 4.89. The minimum atomic E-state index is -1.89. The zero-order chi connectivity index (χ0) is 25.2. The number of carboxylic acid groups (broad SMARTS) is 1. The first kappa shape index (κ1) is 24.8. The maximum Gasteiger partial charge on any atom is 0.343 e. The average Bonchev–Trinajstić information content (AvgIpc) is 2.77. The molecule has 1 fully saturated rings. The lowest BCUT2D eigenvalue weighted by atomic mass is 9.89. The molecule has 0 bridgehead atoms. The topological polar surface area (TPSA) is 214 Å². The van der Waals surface area contributed by atoms with Gasteiger partial charge in [-0.25, -0.2) is 9.59 Å². The largest absolute Gasteiger partial charge is 0.508 e. The van der Waals surface area contributed by atoms with Crippen LogP contribution >= 0.6 is 0 Å². The third-order valence-electron chi connectivity index (χ3n) is 5.22. The highest BCUT2D eigenvalue weighted by Crippen LogP contribution is 2.46. The molecule has 1 heterocycles. The Hall–Kier alpha value is -3.84. The van der Waals surface area contributed by atoms with Crippen LogP contribution in [-0.4, -0.2) is 83.8 Å². The van der Waals surface area contributed by atoms with E-state index in [1.807, 2.05) is 0 Å². The number of esters is 1. The van der Waals surface area contributed by atoms with Gasteiger partial charge in [0.1, 0.15) is 53.0 Å². The van der Waals surface area contributed by atoms with E-state index in [2.05, 4.69) is 0 Å². The van der Waals surface area contributed by atoms with Crippen LogP contribution < -0.4 is 0 Å². The Labute approximate surface area is 191 Å². The highest BCUT2D eigenvalue weighted by molar-refractivity contribution is 5.95. The smallest absolute Gasteiger partial charge is 0.343 e. The molecule has 5 atom stereocenters. The van der Waals surface area contributed by atoms with Crippen LogP contribution in [0.4, 0.5) is 0 Å². The number of hydrogen-bond acceptors (Lipinski definition) is 11. The van der Waals surface area contributed by atoms with Gasteiger partial charge in [-0.3, -0.25) is 0 Å². The normalized spacial score (nSPS) is 24.7. The maximum absolute atomic E-state index is 12.4. The van der Waals surface area contributed by atoms with E-state index >= 15 is 0 Å². The van der Waals surface area contributed by atoms with Crippen molar-refractivity contribution in [2.24, 2.45) is 0 Å². The first-order valence-corrected chi connectivity index (χ1v) is 9.86. The molecule has 12 heteroatoms. The molecule has 34 heavy (non-hydrogen) atoms. The summed E-state index contributed by atoms with van der Waals surface area (Å²) in [7, 11) is 0. The molecule has 2 aromatic carbocycles. The third-order valence-corrected chi connectivity index (χ3v) is 5.22. The van der Waals surface area contributed by atoms with Crippen LogP contribution in [0.5, 0.6) is 23.0 Å². The predicted octanol–water partition coefficient (Wildman–Crippen LogP) is -0.0136. The van der Waals surface area contributed by atoms with E-state index in [0.717, 1.165) is 6.08 Å². The molecular formula is C22H22O12. The number of carbonyl (C=O) groups is 2. The lowest BCUT2D eigenvalue weighted by molar-refractivity contribution is -0.240. The summed E-state index contributed by atoms with van der Waals surface area (Å²) >= 11 is 0. The molecule has 2 aromatic rings. The number of benzene rings is 2. The molecule has 0 aromatic heterocycles. The van der Waals surface area contributed by atoms with Gasteiger partial charge in [0.2, 0.25) is 0 Å². The van der Waals surface area contributed by atoms with E-state index in [1.165, 1.54) is 30.3 Å². The van der Waals surface area contributed by atoms with Crippen LogP contribution in [0.3, 0.4) is 0 Å². The maximum atomic E-state index is 12.4. The van der Waals surface area contributed by atoms with Crippen molar-refractivity contribution in [3.63, 3.8) is 0 Å². The summed E-state index contributed by atoms with van der Waals surface area (Å²) in [5.41, 5.74) is -1.14. The molecule has 1 aliphatic rings. The van der Waals surface area contributed by atoms with Crippen molar-refractivity contribution in [1.82, 2.24) is 0 Å². The Morgan fingerprint density at radius 2 is 1.65 bits per heavy atom. The monoisotopic (exact) mass is 478 g/mol. The number of ether oxygens (including phenoxy) is 2. The van der Waals surface area contributed by atoms with E-state index in [9.17, 15) is 50.4 Å². The number of phenols is 4. The highest BCUT2D eigenvalue weighted by Gasteiger charge is 2.49. The van der Waals surface area contributed by atoms with Gasteiger partial charge in [0.15, 0.2) is 6.10 Å². The van der Waals surface area contributed by atoms with Crippen molar-refractivity contribution in [3.8, 4) is 23.0 Å². The molecule has 3 rings (SSSR count). The molecule has 0 saturated carbocycles. The average molecular weight is 478 g/mol. The second kappa shape index (κ2) is 9.97. The van der Waals surface area contributed by atoms with E-state index in [1.54, 1.807) is 0 Å². The number of rotatable bonds is 6. The molecular weight excluding hydrogens is 456 g/mol. The van der Waals surface area contributed by atoms with E-state index in [0.29, 0.717) is 11.6 Å². The summed E-state index contributed by atoms with van der Waals surface area (Å²) in [5.74, 6) is -5.74. The molecule has 12 nitrogen and oxygen atoms in total. The quantitative estimate of drug-likeness (QED) is 0.203. The van der Waals surface area contributed by atoms with Crippen LogP contribution in [0, 0.1) is 0 Å². The van der Waals surface area contributed by atoms with Gasteiger partial charge in [0.25, 0.3) is 0 Å². The molecule has 0 aliphatic carbocycles. The number of aromatic hydroxyl groups is 4. The minimum Gasteiger partial charge on any atom is -0.508 e. The van der Waals surface area contributed by atoms with Crippen LogP contribution in [0.25, 0.3) is 6.08 Å². The van der Waals surface area contributed by atoms with Crippen molar-refractivity contribution in [2.75, 3.05) is 6.61 Å². The second-order valence-electron chi connectivity index (χ2n) is 7.44. The van der Waals surface area contributed by atoms with Crippen LogP contribution in [0.1, 0.15) is 27.6 Å². The zero-order valence-electron chi connectivity index (χ0n) is 17.3. The van der Waals surface area contributed by atoms with Gasteiger partial charge in [0, 0.05) is 12.1 Å². The summed E-state index contributed by atoms with van der Waals surface area (Å²) in [6.07, 6.45) is -6.35. The zero-order valence-corrected chi connectivity index (χ0v) is 17.3. The van der Waals surface area contributed by atoms with E-state index in [-0.39, 0.29) is 5.75 Å². The number of carboxylic acids is 1. The molecule has 0 amide bonds. The Kier molecular flexibility index (Phi) is 7.27. The van der Waals surface area contributed by atoms with Gasteiger partial charge in [0.05, 0.1) is 12.2 Å². The fourth-order valence-electron chi connectivity index (χ4n) is 3.53. The highest BCUT2D eigenvalue weighted by atomic mass is 16.6. The molecule has 1 aliphatic heterocycles. The van der Waals surface area contributed by atoms with Crippen molar-refractivity contribution in [3.05, 3.63) is 53.1 Å². The van der Waals surface area contributed by atoms with Crippen LogP contribution in [0.15, 0.2) is 36.4 Å². The van der Waals surface area contributed by atoms with Gasteiger partial charge in [-0.15, -0.1) is 0 Å². The summed E-state index contributed by atoms with van der Waals surface area (Å²) in [5, 5.41) is 79.4. The number of aliphatic hydroxyl groups excluding tert-OH is 3. The predicted molar refractivity (Wildman–Crippen MR) is 112 cm³/mol. The lowest BCUT2D eigenvalue weighted by Crippen LogP contribution is -2.56. The van der Waals surface area contributed by atoms with Crippen LogP contribution in [-0.2, 0) is 14.3 Å². The summed E-state index contributed by atoms with van der Waals surface area (Å²) in [6.45, 7) is -0.818. The van der Waals surface area contributed by atoms with Gasteiger partial charge < -0.3 is 50.3 Å². The number of phenolic OH excluding ortho intramolecular Hbond substituents is 2.